The number of halogens is 1. The van der Waals surface area contributed by atoms with Crippen LogP contribution in [0.2, 0.25) is 0 Å². The first kappa shape index (κ1) is 18.9. The highest BCUT2D eigenvalue weighted by Crippen LogP contribution is 2.37. The summed E-state index contributed by atoms with van der Waals surface area (Å²) in [6, 6.07) is 0.146. The lowest BCUT2D eigenvalue weighted by atomic mass is 10.0. The summed E-state index contributed by atoms with van der Waals surface area (Å²) in [6.07, 6.45) is 3.58. The molecule has 26 heavy (non-hydrogen) atoms. The largest absolute Gasteiger partial charge is 0.465 e. The first-order valence-corrected chi connectivity index (χ1v) is 9.71. The molecule has 2 amide bonds. The number of aromatic nitrogens is 1. The van der Waals surface area contributed by atoms with Crippen LogP contribution in [0.1, 0.15) is 49.2 Å². The van der Waals surface area contributed by atoms with Crippen LogP contribution in [0.25, 0.3) is 0 Å². The number of nitrogens with one attached hydrogen (secondary N) is 2. The van der Waals surface area contributed by atoms with E-state index in [-0.39, 0.29) is 11.9 Å². The third-order valence-corrected chi connectivity index (χ3v) is 6.25. The quantitative estimate of drug-likeness (QED) is 0.675. The molecule has 1 saturated carbocycles. The van der Waals surface area contributed by atoms with Crippen molar-refractivity contribution >= 4 is 33.6 Å². The van der Waals surface area contributed by atoms with E-state index in [4.69, 9.17) is 5.11 Å². The highest BCUT2D eigenvalue weighted by Gasteiger charge is 2.38. The van der Waals surface area contributed by atoms with E-state index in [2.05, 4.69) is 36.4 Å². The van der Waals surface area contributed by atoms with Crippen molar-refractivity contribution in [3.8, 4) is 0 Å². The van der Waals surface area contributed by atoms with Gasteiger partial charge in [-0.15, -0.1) is 0 Å². The maximum absolute atomic E-state index is 12.9. The first-order valence-electron chi connectivity index (χ1n) is 8.92. The number of nitrogens with zero attached hydrogens (tertiary/aromatic N) is 2. The smallest absolute Gasteiger partial charge is 0.405 e. The normalized spacial score (nSPS) is 23.6. The monoisotopic (exact) mass is 424 g/mol. The molecule has 0 radical (unpaired) electrons. The molecule has 1 aromatic heterocycles. The summed E-state index contributed by atoms with van der Waals surface area (Å²) >= 11 is 3.58. The van der Waals surface area contributed by atoms with Gasteiger partial charge in [0.1, 0.15) is 0 Å². The second kappa shape index (κ2) is 7.06. The molecule has 1 aliphatic heterocycles. The minimum atomic E-state index is -1.03. The number of carbonyl (C=O) groups excluding carboxylic acids is 1. The summed E-state index contributed by atoms with van der Waals surface area (Å²) in [6.45, 7) is 6.97. The molecule has 2 fully saturated rings. The van der Waals surface area contributed by atoms with Crippen molar-refractivity contribution in [2.75, 3.05) is 18.0 Å². The van der Waals surface area contributed by atoms with Gasteiger partial charge in [-0.2, -0.15) is 0 Å². The summed E-state index contributed by atoms with van der Waals surface area (Å²) in [5.41, 5.74) is 1.56. The average molecular weight is 425 g/mol. The molecule has 1 unspecified atom stereocenters. The Morgan fingerprint density at radius 2 is 2.15 bits per heavy atom. The number of aryl methyl sites for hydroxylation is 1. The van der Waals surface area contributed by atoms with Crippen LogP contribution in [0.5, 0.6) is 0 Å². The van der Waals surface area contributed by atoms with Crippen LogP contribution < -0.4 is 15.5 Å². The van der Waals surface area contributed by atoms with Crippen LogP contribution in [0.15, 0.2) is 10.7 Å². The fourth-order valence-corrected chi connectivity index (χ4v) is 4.12. The molecule has 2 heterocycles. The van der Waals surface area contributed by atoms with E-state index in [1.54, 1.807) is 6.20 Å². The van der Waals surface area contributed by atoms with Gasteiger partial charge in [0.2, 0.25) is 0 Å². The number of hydrogen-bond donors (Lipinski definition) is 3. The molecule has 3 rings (SSSR count). The molecule has 1 aliphatic carbocycles. The van der Waals surface area contributed by atoms with Crippen molar-refractivity contribution < 1.29 is 14.7 Å². The Hall–Kier alpha value is -1.83. The predicted molar refractivity (Wildman–Crippen MR) is 103 cm³/mol. The number of amides is 2. The van der Waals surface area contributed by atoms with Crippen molar-refractivity contribution in [1.29, 1.82) is 0 Å². The molecule has 1 aromatic rings. The Labute approximate surface area is 161 Å². The summed E-state index contributed by atoms with van der Waals surface area (Å²) < 4.78 is 0.781. The number of rotatable bonds is 5. The van der Waals surface area contributed by atoms with Crippen LogP contribution in [-0.4, -0.2) is 46.8 Å². The van der Waals surface area contributed by atoms with E-state index in [0.29, 0.717) is 31.0 Å². The zero-order chi connectivity index (χ0) is 19.1. The maximum atomic E-state index is 12.9. The molecule has 3 N–H and O–H groups in total. The van der Waals surface area contributed by atoms with Gasteiger partial charge in [-0.05, 0) is 61.9 Å². The average Bonchev–Trinajstić information content (AvgIpc) is 3.33. The minimum absolute atomic E-state index is 0.132. The van der Waals surface area contributed by atoms with E-state index < -0.39 is 11.6 Å². The standard InChI is InChI=1S/C18H25BrN4O3/c1-10(12-4-5-12)21-16(24)13-8-20-11(2)14(19)15(13)23-7-6-18(3,9-23)22-17(25)26/h8,10,12,22H,4-7,9H2,1-3H3,(H,21,24)(H,25,26)/t10?,18-/m0/s1. The van der Waals surface area contributed by atoms with Crippen molar-refractivity contribution in [2.24, 2.45) is 5.92 Å². The molecular formula is C18H25BrN4O3. The van der Waals surface area contributed by atoms with Gasteiger partial charge in [-0.1, -0.05) is 0 Å². The van der Waals surface area contributed by atoms with Gasteiger partial charge in [0.15, 0.2) is 0 Å². The number of carbonyl (C=O) groups is 2. The molecule has 1 saturated heterocycles. The number of anilines is 1. The third-order valence-electron chi connectivity index (χ3n) is 5.30. The highest BCUT2D eigenvalue weighted by molar-refractivity contribution is 9.10. The molecule has 0 bridgehead atoms. The Kier molecular flexibility index (Phi) is 5.14. The Morgan fingerprint density at radius 1 is 1.46 bits per heavy atom. The summed E-state index contributed by atoms with van der Waals surface area (Å²) in [7, 11) is 0. The van der Waals surface area contributed by atoms with Crippen molar-refractivity contribution in [3.63, 3.8) is 0 Å². The van der Waals surface area contributed by atoms with Gasteiger partial charge in [0, 0.05) is 25.3 Å². The van der Waals surface area contributed by atoms with Gasteiger partial charge >= 0.3 is 6.09 Å². The molecule has 8 heteroatoms. The summed E-state index contributed by atoms with van der Waals surface area (Å²) in [5.74, 6) is 0.437. The zero-order valence-corrected chi connectivity index (χ0v) is 16.9. The molecule has 0 spiro atoms. The van der Waals surface area contributed by atoms with E-state index >= 15 is 0 Å². The van der Waals surface area contributed by atoms with E-state index in [9.17, 15) is 9.59 Å². The second-order valence-corrected chi connectivity index (χ2v) is 8.47. The van der Waals surface area contributed by atoms with Gasteiger partial charge in [-0.3, -0.25) is 9.78 Å². The van der Waals surface area contributed by atoms with Crippen LogP contribution >= 0.6 is 15.9 Å². The van der Waals surface area contributed by atoms with Gasteiger partial charge in [0.05, 0.1) is 27.0 Å². The Bertz CT molecular complexity index is 737. The summed E-state index contributed by atoms with van der Waals surface area (Å²) in [5, 5.41) is 14.8. The fourth-order valence-electron chi connectivity index (χ4n) is 3.55. The minimum Gasteiger partial charge on any atom is -0.465 e. The lowest BCUT2D eigenvalue weighted by molar-refractivity contribution is 0.0935. The molecular weight excluding hydrogens is 400 g/mol. The zero-order valence-electron chi connectivity index (χ0n) is 15.3. The topological polar surface area (TPSA) is 94.6 Å². The highest BCUT2D eigenvalue weighted by atomic mass is 79.9. The van der Waals surface area contributed by atoms with Crippen molar-refractivity contribution in [1.82, 2.24) is 15.6 Å². The van der Waals surface area contributed by atoms with Crippen LogP contribution in [-0.2, 0) is 0 Å². The summed E-state index contributed by atoms with van der Waals surface area (Å²) in [4.78, 5) is 30.3. The van der Waals surface area contributed by atoms with Crippen molar-refractivity contribution in [3.05, 3.63) is 21.9 Å². The molecule has 2 aliphatic rings. The molecule has 2 atom stereocenters. The number of hydrogen-bond acceptors (Lipinski definition) is 4. The third kappa shape index (κ3) is 3.95. The number of pyridine rings is 1. The molecule has 142 valence electrons. The lowest BCUT2D eigenvalue weighted by Crippen LogP contribution is -2.47. The molecule has 0 aromatic carbocycles. The lowest BCUT2D eigenvalue weighted by Gasteiger charge is -2.28. The van der Waals surface area contributed by atoms with E-state index in [1.807, 2.05) is 20.8 Å². The van der Waals surface area contributed by atoms with Gasteiger partial charge in [0.25, 0.3) is 5.91 Å². The van der Waals surface area contributed by atoms with Crippen LogP contribution in [0.3, 0.4) is 0 Å². The second-order valence-electron chi connectivity index (χ2n) is 7.68. The maximum Gasteiger partial charge on any atom is 0.405 e. The van der Waals surface area contributed by atoms with Gasteiger partial charge < -0.3 is 20.6 Å². The number of carboxylic acid groups (broad SMARTS) is 1. The predicted octanol–water partition coefficient (Wildman–Crippen LogP) is 2.92. The van der Waals surface area contributed by atoms with Crippen LogP contribution in [0, 0.1) is 12.8 Å². The van der Waals surface area contributed by atoms with E-state index in [1.165, 1.54) is 0 Å². The van der Waals surface area contributed by atoms with Crippen molar-refractivity contribution in [2.45, 2.75) is 51.6 Å². The Morgan fingerprint density at radius 3 is 2.77 bits per heavy atom. The van der Waals surface area contributed by atoms with Crippen LogP contribution in [0.4, 0.5) is 10.5 Å². The SMILES string of the molecule is Cc1ncc(C(=O)NC(C)C2CC2)c(N2CC[C@](C)(NC(=O)O)C2)c1Br. The van der Waals surface area contributed by atoms with Gasteiger partial charge in [-0.25, -0.2) is 4.79 Å². The fraction of sp³-hybridized carbons (Fsp3) is 0.611. The first-order chi connectivity index (χ1) is 12.2. The Balaban J connectivity index is 1.87. The molecule has 7 nitrogen and oxygen atoms in total. The van der Waals surface area contributed by atoms with E-state index in [0.717, 1.165) is 28.7 Å².